The van der Waals surface area contributed by atoms with Gasteiger partial charge in [-0.3, -0.25) is 13.9 Å². The average Bonchev–Trinajstić information content (AvgIpc) is 2.72. The van der Waals surface area contributed by atoms with Crippen LogP contribution in [0.25, 0.3) is 0 Å². The number of amides is 2. The fourth-order valence-electron chi connectivity index (χ4n) is 3.00. The van der Waals surface area contributed by atoms with Crippen molar-refractivity contribution in [1.29, 1.82) is 0 Å². The average molecular weight is 543 g/mol. The third-order valence-electron chi connectivity index (χ3n) is 4.69. The Hall–Kier alpha value is -2.14. The van der Waals surface area contributed by atoms with Crippen molar-refractivity contribution in [3.8, 4) is 0 Å². The van der Waals surface area contributed by atoms with E-state index in [1.807, 2.05) is 30.3 Å². The lowest BCUT2D eigenvalue weighted by Gasteiger charge is -2.31. The van der Waals surface area contributed by atoms with Gasteiger partial charge in [0.25, 0.3) is 0 Å². The van der Waals surface area contributed by atoms with Crippen LogP contribution in [0.5, 0.6) is 0 Å². The fraction of sp³-hybridized carbons (Fsp3) is 0.333. The molecule has 2 amide bonds. The Kier molecular flexibility index (Phi) is 8.65. The van der Waals surface area contributed by atoms with Gasteiger partial charge in [0.1, 0.15) is 12.6 Å². The van der Waals surface area contributed by atoms with Crippen LogP contribution in [0, 0.1) is 3.57 Å². The summed E-state index contributed by atoms with van der Waals surface area (Å²) < 4.78 is 26.8. The van der Waals surface area contributed by atoms with E-state index in [4.69, 9.17) is 0 Å². The first kappa shape index (κ1) is 24.1. The molecule has 0 aliphatic carbocycles. The maximum atomic E-state index is 13.2. The number of likely N-dealkylation sites (N-methyl/N-ethyl adjacent to an activating group) is 1. The zero-order valence-electron chi connectivity index (χ0n) is 17.2. The van der Waals surface area contributed by atoms with Crippen LogP contribution in [0.4, 0.5) is 5.69 Å². The highest BCUT2D eigenvalue weighted by Crippen LogP contribution is 2.20. The number of nitrogens with one attached hydrogen (secondary N) is 1. The maximum Gasteiger partial charge on any atom is 0.244 e. The van der Waals surface area contributed by atoms with Gasteiger partial charge in [0.05, 0.1) is 11.9 Å². The first-order valence-electron chi connectivity index (χ1n) is 9.41. The quantitative estimate of drug-likeness (QED) is 0.492. The van der Waals surface area contributed by atoms with Crippen molar-refractivity contribution in [3.63, 3.8) is 0 Å². The van der Waals surface area contributed by atoms with E-state index in [9.17, 15) is 18.0 Å². The molecule has 2 aromatic carbocycles. The second-order valence-corrected chi connectivity index (χ2v) is 10.0. The number of benzene rings is 2. The lowest BCUT2D eigenvalue weighted by Crippen LogP contribution is -2.51. The van der Waals surface area contributed by atoms with Crippen LogP contribution in [-0.4, -0.2) is 57.6 Å². The number of carbonyl (C=O) groups is 2. The molecule has 0 spiro atoms. The third-order valence-corrected chi connectivity index (χ3v) is 6.55. The van der Waals surface area contributed by atoms with Gasteiger partial charge in [-0.15, -0.1) is 0 Å². The third kappa shape index (κ3) is 6.69. The van der Waals surface area contributed by atoms with E-state index in [-0.39, 0.29) is 12.5 Å². The van der Waals surface area contributed by atoms with Crippen LogP contribution >= 0.6 is 22.6 Å². The summed E-state index contributed by atoms with van der Waals surface area (Å²) in [6.45, 7) is 1.55. The minimum Gasteiger partial charge on any atom is -0.357 e. The van der Waals surface area contributed by atoms with Gasteiger partial charge in [0.15, 0.2) is 0 Å². The predicted molar refractivity (Wildman–Crippen MR) is 127 cm³/mol. The van der Waals surface area contributed by atoms with E-state index in [0.717, 1.165) is 19.7 Å². The van der Waals surface area contributed by atoms with Gasteiger partial charge in [-0.25, -0.2) is 8.42 Å². The molecule has 0 saturated heterocycles. The molecule has 2 aromatic rings. The summed E-state index contributed by atoms with van der Waals surface area (Å²) >= 11 is 2.13. The van der Waals surface area contributed by atoms with Gasteiger partial charge in [-0.2, -0.15) is 0 Å². The molecule has 1 atom stereocenters. The van der Waals surface area contributed by atoms with E-state index in [2.05, 4.69) is 27.9 Å². The molecule has 30 heavy (non-hydrogen) atoms. The van der Waals surface area contributed by atoms with Gasteiger partial charge in [0, 0.05) is 17.2 Å². The van der Waals surface area contributed by atoms with Crippen molar-refractivity contribution < 1.29 is 18.0 Å². The molecule has 162 valence electrons. The van der Waals surface area contributed by atoms with E-state index in [1.165, 1.54) is 11.9 Å². The Bertz CT molecular complexity index is 966. The summed E-state index contributed by atoms with van der Waals surface area (Å²) in [7, 11) is -2.19. The second kappa shape index (κ2) is 10.8. The van der Waals surface area contributed by atoms with Crippen molar-refractivity contribution in [2.24, 2.45) is 0 Å². The van der Waals surface area contributed by atoms with Gasteiger partial charge < -0.3 is 10.2 Å². The molecule has 0 radical (unpaired) electrons. The molecule has 1 N–H and O–H groups in total. The highest BCUT2D eigenvalue weighted by atomic mass is 127. The molecular formula is C21H26IN3O4S. The molecule has 7 nitrogen and oxygen atoms in total. The number of halogens is 1. The van der Waals surface area contributed by atoms with Crippen molar-refractivity contribution in [1.82, 2.24) is 10.2 Å². The van der Waals surface area contributed by atoms with Crippen molar-refractivity contribution in [2.75, 3.05) is 30.7 Å². The number of carbonyl (C=O) groups excluding carboxylic acids is 2. The summed E-state index contributed by atoms with van der Waals surface area (Å²) in [5, 5.41) is 2.55. The summed E-state index contributed by atoms with van der Waals surface area (Å²) in [5.41, 5.74) is 1.43. The minimum absolute atomic E-state index is 0.293. The number of hydrogen-bond acceptors (Lipinski definition) is 4. The second-order valence-electron chi connectivity index (χ2n) is 6.86. The number of rotatable bonds is 9. The Morgan fingerprint density at radius 3 is 2.20 bits per heavy atom. The molecule has 9 heteroatoms. The molecule has 0 aliphatic rings. The number of nitrogens with zero attached hydrogens (tertiary/aromatic N) is 2. The first-order valence-corrected chi connectivity index (χ1v) is 12.3. The zero-order chi connectivity index (χ0) is 22.3. The van der Waals surface area contributed by atoms with Crippen molar-refractivity contribution in [3.05, 3.63) is 63.7 Å². The topological polar surface area (TPSA) is 86.8 Å². The Morgan fingerprint density at radius 2 is 1.67 bits per heavy atom. The van der Waals surface area contributed by atoms with Gasteiger partial charge in [0.2, 0.25) is 21.8 Å². The van der Waals surface area contributed by atoms with E-state index >= 15 is 0 Å². The Morgan fingerprint density at radius 1 is 1.07 bits per heavy atom. The lowest BCUT2D eigenvalue weighted by molar-refractivity contribution is -0.138. The maximum absolute atomic E-state index is 13.2. The summed E-state index contributed by atoms with van der Waals surface area (Å²) in [5.74, 6) is -0.748. The van der Waals surface area contributed by atoms with Crippen LogP contribution in [0.2, 0.25) is 0 Å². The van der Waals surface area contributed by atoms with Crippen molar-refractivity contribution >= 4 is 50.1 Å². The molecule has 2 rings (SSSR count). The van der Waals surface area contributed by atoms with Crippen molar-refractivity contribution in [2.45, 2.75) is 19.4 Å². The SMILES string of the molecule is CNC(=O)[C@H](C)N(CCc1ccccc1)C(=O)CN(c1ccc(I)cc1)S(C)(=O)=O. The molecule has 0 bridgehead atoms. The zero-order valence-corrected chi connectivity index (χ0v) is 20.2. The molecule has 0 aliphatic heterocycles. The summed E-state index contributed by atoms with van der Waals surface area (Å²) in [6, 6.07) is 15.8. The first-order chi connectivity index (χ1) is 14.1. The van der Waals surface area contributed by atoms with Crippen LogP contribution in [0.1, 0.15) is 12.5 Å². The van der Waals surface area contributed by atoms with Gasteiger partial charge >= 0.3 is 0 Å². The monoisotopic (exact) mass is 543 g/mol. The molecule has 0 unspecified atom stereocenters. The molecule has 0 aromatic heterocycles. The lowest BCUT2D eigenvalue weighted by atomic mass is 10.1. The molecular weight excluding hydrogens is 517 g/mol. The highest BCUT2D eigenvalue weighted by molar-refractivity contribution is 14.1. The predicted octanol–water partition coefficient (Wildman–Crippen LogP) is 2.26. The molecule has 0 fully saturated rings. The number of hydrogen-bond donors (Lipinski definition) is 1. The Balaban J connectivity index is 2.27. The molecule has 0 heterocycles. The van der Waals surface area contributed by atoms with E-state index < -0.39 is 22.0 Å². The van der Waals surface area contributed by atoms with Gasteiger partial charge in [-0.1, -0.05) is 30.3 Å². The van der Waals surface area contributed by atoms with Crippen LogP contribution in [0.3, 0.4) is 0 Å². The van der Waals surface area contributed by atoms with E-state index in [0.29, 0.717) is 18.7 Å². The van der Waals surface area contributed by atoms with Crippen LogP contribution in [-0.2, 0) is 26.0 Å². The highest BCUT2D eigenvalue weighted by Gasteiger charge is 2.29. The largest absolute Gasteiger partial charge is 0.357 e. The van der Waals surface area contributed by atoms with Crippen LogP contribution < -0.4 is 9.62 Å². The smallest absolute Gasteiger partial charge is 0.244 e. The minimum atomic E-state index is -3.70. The normalized spacial score (nSPS) is 12.1. The van der Waals surface area contributed by atoms with Crippen LogP contribution in [0.15, 0.2) is 54.6 Å². The summed E-state index contributed by atoms with van der Waals surface area (Å²) in [4.78, 5) is 26.8. The van der Waals surface area contributed by atoms with Gasteiger partial charge in [-0.05, 0) is 65.8 Å². The number of anilines is 1. The standard InChI is InChI=1S/C21H26IN3O4S/c1-16(21(27)23-2)24(14-13-17-7-5-4-6-8-17)20(26)15-25(30(3,28)29)19-11-9-18(22)10-12-19/h4-12,16H,13-15H2,1-3H3,(H,23,27)/t16-/m0/s1. The van der Waals surface area contributed by atoms with E-state index in [1.54, 1.807) is 31.2 Å². The molecule has 0 saturated carbocycles. The number of sulfonamides is 1. The Labute approximate surface area is 191 Å². The fourth-order valence-corrected chi connectivity index (χ4v) is 4.21. The summed E-state index contributed by atoms with van der Waals surface area (Å²) in [6.07, 6.45) is 1.62.